The van der Waals surface area contributed by atoms with Crippen LogP contribution in [-0.4, -0.2) is 0 Å². The summed E-state index contributed by atoms with van der Waals surface area (Å²) in [5.41, 5.74) is 16.4. The Kier molecular flexibility index (Phi) is 6.32. The van der Waals surface area contributed by atoms with E-state index in [1.165, 1.54) is 72.1 Å². The number of nitrogens with zero attached hydrogens (tertiary/aromatic N) is 1. The third-order valence-corrected chi connectivity index (χ3v) is 11.2. The molecule has 0 heterocycles. The van der Waals surface area contributed by atoms with E-state index < -0.39 is 0 Å². The Morgan fingerprint density at radius 1 is 0.438 bits per heavy atom. The second-order valence-electron chi connectivity index (χ2n) is 14.4. The maximum absolute atomic E-state index is 6.44. The van der Waals surface area contributed by atoms with Gasteiger partial charge in [-0.2, -0.15) is 0 Å². The standard InChI is InChI=1S/C46H36ClN/c1-45(2)40-14-8-7-13-36(40)37-24-22-34(28-43(37)45)48(44-15-9-11-30-10-5-6-12-35(30)44)33-20-16-29(17-21-33)31-18-25-41-39(26-31)38-23-19-32(47)27-42(38)46(41,3)4/h5-28H,1-4H3. The normalized spacial score (nSPS) is 14.7. The van der Waals surface area contributed by atoms with Crippen molar-refractivity contribution >= 4 is 39.4 Å². The van der Waals surface area contributed by atoms with Crippen molar-refractivity contribution in [1.82, 2.24) is 0 Å². The number of halogens is 1. The monoisotopic (exact) mass is 637 g/mol. The average Bonchev–Trinajstić information content (AvgIpc) is 3.47. The summed E-state index contributed by atoms with van der Waals surface area (Å²) in [5, 5.41) is 3.25. The number of fused-ring (bicyclic) bond motifs is 7. The Bertz CT molecular complexity index is 2410. The summed E-state index contributed by atoms with van der Waals surface area (Å²) in [6.45, 7) is 9.29. The van der Waals surface area contributed by atoms with E-state index in [9.17, 15) is 0 Å². The maximum Gasteiger partial charge on any atom is 0.0540 e. The smallest absolute Gasteiger partial charge is 0.0540 e. The van der Waals surface area contributed by atoms with Crippen molar-refractivity contribution in [2.45, 2.75) is 38.5 Å². The molecule has 1 nitrogen and oxygen atoms in total. The molecule has 0 fully saturated rings. The molecule has 0 aliphatic heterocycles. The van der Waals surface area contributed by atoms with Gasteiger partial charge in [0.25, 0.3) is 0 Å². The molecule has 7 aromatic carbocycles. The Hall–Kier alpha value is -5.11. The van der Waals surface area contributed by atoms with Crippen LogP contribution in [0.3, 0.4) is 0 Å². The molecule has 0 spiro atoms. The number of anilines is 3. The Morgan fingerprint density at radius 3 is 1.88 bits per heavy atom. The zero-order chi connectivity index (χ0) is 32.8. The van der Waals surface area contributed by atoms with Crippen LogP contribution < -0.4 is 4.90 Å². The van der Waals surface area contributed by atoms with Crippen LogP contribution in [0.5, 0.6) is 0 Å². The van der Waals surface area contributed by atoms with Crippen molar-refractivity contribution in [3.63, 3.8) is 0 Å². The molecule has 9 rings (SSSR count). The highest BCUT2D eigenvalue weighted by Crippen LogP contribution is 2.52. The molecular weight excluding hydrogens is 602 g/mol. The molecule has 232 valence electrons. The number of rotatable bonds is 4. The molecule has 0 saturated carbocycles. The van der Waals surface area contributed by atoms with Gasteiger partial charge in [-0.25, -0.2) is 0 Å². The van der Waals surface area contributed by atoms with Gasteiger partial charge in [-0.1, -0.05) is 136 Å². The van der Waals surface area contributed by atoms with E-state index in [0.717, 1.165) is 16.4 Å². The first-order valence-electron chi connectivity index (χ1n) is 16.8. The molecule has 0 radical (unpaired) electrons. The molecule has 0 amide bonds. The summed E-state index contributed by atoms with van der Waals surface area (Å²) in [7, 11) is 0. The van der Waals surface area contributed by atoms with Gasteiger partial charge in [-0.15, -0.1) is 0 Å². The average molecular weight is 638 g/mol. The van der Waals surface area contributed by atoms with Gasteiger partial charge in [0.1, 0.15) is 0 Å². The lowest BCUT2D eigenvalue weighted by Crippen LogP contribution is -2.16. The summed E-state index contributed by atoms with van der Waals surface area (Å²) in [5.74, 6) is 0. The zero-order valence-corrected chi connectivity index (χ0v) is 28.4. The molecular formula is C46H36ClN. The summed E-state index contributed by atoms with van der Waals surface area (Å²) in [6, 6.07) is 53.5. The second kappa shape index (κ2) is 10.4. The van der Waals surface area contributed by atoms with Gasteiger partial charge in [0, 0.05) is 32.6 Å². The van der Waals surface area contributed by atoms with Crippen molar-refractivity contribution in [3.8, 4) is 33.4 Å². The second-order valence-corrected chi connectivity index (χ2v) is 14.8. The van der Waals surface area contributed by atoms with Crippen molar-refractivity contribution < 1.29 is 0 Å². The van der Waals surface area contributed by atoms with Crippen LogP contribution in [0.1, 0.15) is 49.9 Å². The van der Waals surface area contributed by atoms with E-state index in [4.69, 9.17) is 11.6 Å². The SMILES string of the molecule is CC1(C)c2ccc(-c3ccc(N(c4ccc5c(c4)C(C)(C)c4ccccc4-5)c4cccc5ccccc45)cc3)cc2-c2ccc(Cl)cc21. The molecule has 0 aromatic heterocycles. The van der Waals surface area contributed by atoms with Gasteiger partial charge in [0.2, 0.25) is 0 Å². The van der Waals surface area contributed by atoms with E-state index in [-0.39, 0.29) is 10.8 Å². The van der Waals surface area contributed by atoms with Crippen LogP contribution in [0, 0.1) is 0 Å². The topological polar surface area (TPSA) is 3.24 Å². The van der Waals surface area contributed by atoms with E-state index in [2.05, 4.69) is 172 Å². The van der Waals surface area contributed by atoms with E-state index >= 15 is 0 Å². The predicted octanol–water partition coefficient (Wildman–Crippen LogP) is 13.2. The summed E-state index contributed by atoms with van der Waals surface area (Å²) >= 11 is 6.44. The fourth-order valence-electron chi connectivity index (χ4n) is 8.37. The number of benzene rings is 7. The lowest BCUT2D eigenvalue weighted by atomic mass is 9.82. The number of hydrogen-bond acceptors (Lipinski definition) is 1. The Morgan fingerprint density at radius 2 is 1.04 bits per heavy atom. The first kappa shape index (κ1) is 29.1. The van der Waals surface area contributed by atoms with Crippen LogP contribution >= 0.6 is 11.6 Å². The van der Waals surface area contributed by atoms with Crippen molar-refractivity contribution in [3.05, 3.63) is 173 Å². The van der Waals surface area contributed by atoms with Gasteiger partial charge in [-0.05, 0) is 110 Å². The van der Waals surface area contributed by atoms with Gasteiger partial charge < -0.3 is 4.90 Å². The fourth-order valence-corrected chi connectivity index (χ4v) is 8.54. The van der Waals surface area contributed by atoms with Crippen molar-refractivity contribution in [2.24, 2.45) is 0 Å². The van der Waals surface area contributed by atoms with Crippen molar-refractivity contribution in [1.29, 1.82) is 0 Å². The summed E-state index contributed by atoms with van der Waals surface area (Å²) in [4.78, 5) is 2.43. The lowest BCUT2D eigenvalue weighted by molar-refractivity contribution is 0.660. The van der Waals surface area contributed by atoms with Crippen LogP contribution in [0.15, 0.2) is 146 Å². The molecule has 0 atom stereocenters. The molecule has 7 aromatic rings. The zero-order valence-electron chi connectivity index (χ0n) is 27.7. The minimum atomic E-state index is -0.0810. The Labute approximate surface area is 288 Å². The van der Waals surface area contributed by atoms with E-state index in [0.29, 0.717) is 0 Å². The van der Waals surface area contributed by atoms with E-state index in [1.54, 1.807) is 0 Å². The number of hydrogen-bond donors (Lipinski definition) is 0. The molecule has 48 heavy (non-hydrogen) atoms. The largest absolute Gasteiger partial charge is 0.310 e. The molecule has 2 heteroatoms. The highest BCUT2D eigenvalue weighted by molar-refractivity contribution is 6.30. The molecule has 0 unspecified atom stereocenters. The molecule has 0 N–H and O–H groups in total. The molecule has 2 aliphatic rings. The van der Waals surface area contributed by atoms with Crippen LogP contribution in [0.25, 0.3) is 44.2 Å². The van der Waals surface area contributed by atoms with Gasteiger partial charge in [0.15, 0.2) is 0 Å². The summed E-state index contributed by atoms with van der Waals surface area (Å²) in [6.07, 6.45) is 0. The lowest BCUT2D eigenvalue weighted by Gasteiger charge is -2.29. The molecule has 0 saturated heterocycles. The van der Waals surface area contributed by atoms with Crippen molar-refractivity contribution in [2.75, 3.05) is 4.90 Å². The van der Waals surface area contributed by atoms with Crippen LogP contribution in [0.4, 0.5) is 17.1 Å². The quantitative estimate of drug-likeness (QED) is 0.186. The van der Waals surface area contributed by atoms with Crippen LogP contribution in [-0.2, 0) is 10.8 Å². The minimum absolute atomic E-state index is 0.0806. The molecule has 0 bridgehead atoms. The fraction of sp³-hybridized carbons (Fsp3) is 0.130. The van der Waals surface area contributed by atoms with E-state index in [1.807, 2.05) is 6.07 Å². The van der Waals surface area contributed by atoms with Gasteiger partial charge >= 0.3 is 0 Å². The third kappa shape index (κ3) is 4.24. The maximum atomic E-state index is 6.44. The van der Waals surface area contributed by atoms with Gasteiger partial charge in [0.05, 0.1) is 5.69 Å². The van der Waals surface area contributed by atoms with Gasteiger partial charge in [-0.3, -0.25) is 0 Å². The summed E-state index contributed by atoms with van der Waals surface area (Å²) < 4.78 is 0. The van der Waals surface area contributed by atoms with Crippen LogP contribution in [0.2, 0.25) is 5.02 Å². The highest BCUT2D eigenvalue weighted by Gasteiger charge is 2.37. The third-order valence-electron chi connectivity index (χ3n) is 10.9. The Balaban J connectivity index is 1.17. The first-order chi connectivity index (χ1) is 23.2. The molecule has 2 aliphatic carbocycles. The highest BCUT2D eigenvalue weighted by atomic mass is 35.5. The first-order valence-corrected chi connectivity index (χ1v) is 17.2. The predicted molar refractivity (Wildman–Crippen MR) is 204 cm³/mol. The minimum Gasteiger partial charge on any atom is -0.310 e.